The molecule has 0 bridgehead atoms. The van der Waals surface area contributed by atoms with Crippen LogP contribution in [0.25, 0.3) is 0 Å². The first-order chi connectivity index (χ1) is 21.5. The number of β-amino-alcohol motifs (C(OH)–C–C–N with tert-alkyl or cyclic N) is 1. The van der Waals surface area contributed by atoms with Crippen LogP contribution in [0.15, 0.2) is 54.7 Å². The smallest absolute Gasteiger partial charge is 0.325 e. The number of carbonyl (C=O) groups is 2. The zero-order valence-corrected chi connectivity index (χ0v) is 25.1. The molecule has 2 saturated heterocycles. The molecule has 3 amide bonds. The molecule has 3 heterocycles. The summed E-state index contributed by atoms with van der Waals surface area (Å²) in [6, 6.07) is 9.86. The van der Waals surface area contributed by atoms with Gasteiger partial charge >= 0.3 is 6.03 Å². The van der Waals surface area contributed by atoms with Crippen molar-refractivity contribution in [2.75, 3.05) is 37.2 Å². The maximum absolute atomic E-state index is 15.1. The lowest BCUT2D eigenvalue weighted by atomic mass is 10.0. The largest absolute Gasteiger partial charge is 0.453 e. The number of halogens is 2. The number of nitrogens with one attached hydrogen (secondary N) is 2. The minimum atomic E-state index is -0.852. The first-order valence-corrected chi connectivity index (χ1v) is 14.8. The highest BCUT2D eigenvalue weighted by atomic mass is 19.1. The molecule has 0 aliphatic carbocycles. The van der Waals surface area contributed by atoms with Crippen LogP contribution in [0.4, 0.5) is 25.1 Å². The number of pyridine rings is 1. The average molecular weight is 619 g/mol. The van der Waals surface area contributed by atoms with E-state index in [2.05, 4.69) is 37.3 Å². The summed E-state index contributed by atoms with van der Waals surface area (Å²) in [6.07, 6.45) is 3.13. The zero-order chi connectivity index (χ0) is 32.1. The van der Waals surface area contributed by atoms with Crippen molar-refractivity contribution in [3.63, 3.8) is 0 Å². The number of ether oxygens (including phenoxy) is 1. The summed E-state index contributed by atoms with van der Waals surface area (Å²) < 4.78 is 34.0. The fourth-order valence-electron chi connectivity index (χ4n) is 5.52. The third-order valence-electron chi connectivity index (χ3n) is 8.04. The predicted molar refractivity (Wildman–Crippen MR) is 166 cm³/mol. The van der Waals surface area contributed by atoms with Crippen LogP contribution < -0.4 is 21.1 Å². The van der Waals surface area contributed by atoms with E-state index in [1.807, 2.05) is 13.8 Å². The van der Waals surface area contributed by atoms with Crippen LogP contribution >= 0.6 is 0 Å². The van der Waals surface area contributed by atoms with Gasteiger partial charge in [-0.3, -0.25) is 19.9 Å². The molecular weight excluding hydrogens is 582 g/mol. The van der Waals surface area contributed by atoms with Crippen LogP contribution in [-0.4, -0.2) is 75.7 Å². The van der Waals surface area contributed by atoms with Crippen molar-refractivity contribution in [2.45, 2.75) is 50.8 Å². The number of amides is 3. The monoisotopic (exact) mass is 618 g/mol. The van der Waals surface area contributed by atoms with Gasteiger partial charge in [0.1, 0.15) is 22.9 Å². The second-order valence-electron chi connectivity index (χ2n) is 11.7. The SMILES string of the molecule is CC(C)(C#Cc1c(Oc2ccc(NC(=O)NC(=O)Cc3ccc(F)cc3)cc2F)ccnc1N)N1C[C@@H](O)[C@H](N2CCCC2)C1. The van der Waals surface area contributed by atoms with Gasteiger partial charge in [0.2, 0.25) is 5.91 Å². The second-order valence-corrected chi connectivity index (χ2v) is 11.7. The van der Waals surface area contributed by atoms with Gasteiger partial charge in [0.05, 0.1) is 18.1 Å². The van der Waals surface area contributed by atoms with Gasteiger partial charge < -0.3 is 20.9 Å². The summed E-state index contributed by atoms with van der Waals surface area (Å²) in [5.41, 5.74) is 6.45. The van der Waals surface area contributed by atoms with Crippen LogP contribution in [-0.2, 0) is 11.2 Å². The molecule has 0 saturated carbocycles. The Morgan fingerprint density at radius 2 is 1.82 bits per heavy atom. The molecular formula is C33H36F2N6O4. The lowest BCUT2D eigenvalue weighted by molar-refractivity contribution is -0.119. The Kier molecular flexibility index (Phi) is 9.63. The molecule has 5 N–H and O–H groups in total. The molecule has 2 fully saturated rings. The molecule has 5 rings (SSSR count). The third-order valence-corrected chi connectivity index (χ3v) is 8.04. The van der Waals surface area contributed by atoms with E-state index in [0.29, 0.717) is 24.2 Å². The van der Waals surface area contributed by atoms with Crippen LogP contribution in [0.3, 0.4) is 0 Å². The molecule has 3 aromatic rings. The fourth-order valence-corrected chi connectivity index (χ4v) is 5.52. The highest BCUT2D eigenvalue weighted by molar-refractivity contribution is 6.01. The van der Waals surface area contributed by atoms with Gasteiger partial charge in [-0.2, -0.15) is 0 Å². The Balaban J connectivity index is 1.23. The number of nitrogens with two attached hydrogens (primary N) is 1. The van der Waals surface area contributed by atoms with Gasteiger partial charge in [0, 0.05) is 43.1 Å². The van der Waals surface area contributed by atoms with Crippen LogP contribution in [0.1, 0.15) is 37.8 Å². The summed E-state index contributed by atoms with van der Waals surface area (Å²) in [4.78, 5) is 33.0. The summed E-state index contributed by atoms with van der Waals surface area (Å²) in [7, 11) is 0. The van der Waals surface area contributed by atoms with Crippen molar-refractivity contribution in [1.29, 1.82) is 0 Å². The van der Waals surface area contributed by atoms with Gasteiger partial charge in [-0.1, -0.05) is 24.0 Å². The number of hydrogen-bond donors (Lipinski definition) is 4. The predicted octanol–water partition coefficient (Wildman–Crippen LogP) is 3.90. The molecule has 236 valence electrons. The Labute approximate surface area is 260 Å². The van der Waals surface area contributed by atoms with E-state index in [-0.39, 0.29) is 35.5 Å². The molecule has 0 radical (unpaired) electrons. The minimum Gasteiger partial charge on any atom is -0.453 e. The molecule has 1 aromatic heterocycles. The topological polar surface area (TPSA) is 133 Å². The number of urea groups is 1. The van der Waals surface area contributed by atoms with E-state index in [1.54, 1.807) is 0 Å². The van der Waals surface area contributed by atoms with Gasteiger partial charge in [0.15, 0.2) is 11.6 Å². The first kappa shape index (κ1) is 31.8. The van der Waals surface area contributed by atoms with E-state index >= 15 is 4.39 Å². The number of aliphatic hydroxyl groups excluding tert-OH is 1. The van der Waals surface area contributed by atoms with Gasteiger partial charge in [-0.15, -0.1) is 0 Å². The third kappa shape index (κ3) is 7.94. The Morgan fingerprint density at radius 1 is 1.09 bits per heavy atom. The summed E-state index contributed by atoms with van der Waals surface area (Å²) >= 11 is 0. The Morgan fingerprint density at radius 3 is 2.53 bits per heavy atom. The van der Waals surface area contributed by atoms with Gasteiger partial charge in [0.25, 0.3) is 0 Å². The number of aromatic nitrogens is 1. The number of hydrogen-bond acceptors (Lipinski definition) is 8. The Bertz CT molecular complexity index is 1620. The molecule has 0 unspecified atom stereocenters. The average Bonchev–Trinajstić information content (AvgIpc) is 3.65. The second kappa shape index (κ2) is 13.6. The number of aliphatic hydroxyl groups is 1. The minimum absolute atomic E-state index is 0.0735. The molecule has 45 heavy (non-hydrogen) atoms. The zero-order valence-electron chi connectivity index (χ0n) is 25.1. The number of imide groups is 1. The lowest BCUT2D eigenvalue weighted by Gasteiger charge is -2.31. The van der Waals surface area contributed by atoms with Gasteiger partial charge in [-0.25, -0.2) is 18.6 Å². The molecule has 2 aliphatic rings. The molecule has 10 nitrogen and oxygen atoms in total. The standard InChI is InChI=1S/C33H36F2N6O4/c1-33(2,41-19-26(27(42)20-41)40-15-3-4-16-40)13-11-24-28(12-14-37-31(24)36)45-29-10-9-23(18-25(29)35)38-32(44)39-30(43)17-21-5-7-22(34)8-6-21/h5-10,12,14,18,26-27,42H,3-4,15-17,19-20H2,1-2H3,(H2,36,37)(H2,38,39,43,44)/t26-,27-/m1/s1. The number of carbonyl (C=O) groups excluding carboxylic acids is 2. The summed E-state index contributed by atoms with van der Waals surface area (Å²) in [5.74, 6) is 4.68. The molecule has 2 atom stereocenters. The van der Waals surface area contributed by atoms with Crippen molar-refractivity contribution in [2.24, 2.45) is 0 Å². The molecule has 2 aliphatic heterocycles. The van der Waals surface area contributed by atoms with Crippen LogP contribution in [0, 0.1) is 23.5 Å². The maximum Gasteiger partial charge on any atom is 0.325 e. The maximum atomic E-state index is 15.1. The highest BCUT2D eigenvalue weighted by Crippen LogP contribution is 2.31. The van der Waals surface area contributed by atoms with Crippen LogP contribution in [0.5, 0.6) is 11.5 Å². The highest BCUT2D eigenvalue weighted by Gasteiger charge is 2.41. The van der Waals surface area contributed by atoms with E-state index in [1.165, 1.54) is 48.7 Å². The lowest BCUT2D eigenvalue weighted by Crippen LogP contribution is -2.44. The van der Waals surface area contributed by atoms with Crippen molar-refractivity contribution in [1.82, 2.24) is 20.1 Å². The Hall–Kier alpha value is -4.57. The quantitative estimate of drug-likeness (QED) is 0.293. The number of benzene rings is 2. The number of likely N-dealkylation sites (tertiary alicyclic amines) is 2. The number of rotatable bonds is 7. The van der Waals surface area contributed by atoms with E-state index in [0.717, 1.165) is 32.0 Å². The van der Waals surface area contributed by atoms with Crippen molar-refractivity contribution < 1.29 is 28.2 Å². The summed E-state index contributed by atoms with van der Waals surface area (Å²) in [5, 5.41) is 15.3. The number of anilines is 2. The molecule has 2 aromatic carbocycles. The molecule has 12 heteroatoms. The van der Waals surface area contributed by atoms with Crippen molar-refractivity contribution in [3.8, 4) is 23.3 Å². The van der Waals surface area contributed by atoms with Crippen molar-refractivity contribution in [3.05, 3.63) is 77.5 Å². The van der Waals surface area contributed by atoms with Crippen LogP contribution in [0.2, 0.25) is 0 Å². The van der Waals surface area contributed by atoms with Gasteiger partial charge in [-0.05, 0) is 69.6 Å². The summed E-state index contributed by atoms with van der Waals surface area (Å²) in [6.45, 7) is 7.14. The number of nitrogen functional groups attached to an aromatic ring is 1. The number of nitrogens with zero attached hydrogens (tertiary/aromatic N) is 3. The van der Waals surface area contributed by atoms with Crippen molar-refractivity contribution >= 4 is 23.4 Å². The van der Waals surface area contributed by atoms with E-state index in [9.17, 15) is 19.1 Å². The van der Waals surface area contributed by atoms with E-state index in [4.69, 9.17) is 10.5 Å². The normalized spacial score (nSPS) is 18.7. The fraction of sp³-hybridized carbons (Fsp3) is 0.364. The van der Waals surface area contributed by atoms with E-state index < -0.39 is 35.2 Å². The molecule has 0 spiro atoms. The first-order valence-electron chi connectivity index (χ1n) is 14.8.